The zero-order valence-corrected chi connectivity index (χ0v) is 12.6. The van der Waals surface area contributed by atoms with E-state index in [0.717, 1.165) is 17.9 Å². The summed E-state index contributed by atoms with van der Waals surface area (Å²) in [6.07, 6.45) is 3.77. The van der Waals surface area contributed by atoms with Crippen LogP contribution in [0, 0.1) is 5.92 Å². The van der Waals surface area contributed by atoms with Crippen LogP contribution >= 0.6 is 0 Å². The van der Waals surface area contributed by atoms with Crippen molar-refractivity contribution in [1.29, 1.82) is 0 Å². The minimum Gasteiger partial charge on any atom is -0.484 e. The largest absolute Gasteiger partial charge is 0.484 e. The second-order valence-corrected chi connectivity index (χ2v) is 5.78. The maximum Gasteiger partial charge on any atom is 0.257 e. The Bertz CT molecular complexity index is 603. The van der Waals surface area contributed by atoms with Crippen molar-refractivity contribution in [2.45, 2.75) is 19.3 Å². The Labute approximate surface area is 131 Å². The molecule has 1 aliphatic carbocycles. The van der Waals surface area contributed by atoms with Crippen LogP contribution in [0.15, 0.2) is 54.6 Å². The number of hydrogen-bond acceptors (Lipinski definition) is 2. The molecule has 1 amide bonds. The first-order valence-electron chi connectivity index (χ1n) is 7.86. The summed E-state index contributed by atoms with van der Waals surface area (Å²) in [6.45, 7) is 0.868. The van der Waals surface area contributed by atoms with Gasteiger partial charge in [0.15, 0.2) is 6.61 Å². The van der Waals surface area contributed by atoms with Crippen LogP contribution in [0.1, 0.15) is 19.3 Å². The molecule has 1 N–H and O–H groups in total. The molecule has 3 heteroatoms. The lowest BCUT2D eigenvalue weighted by Gasteiger charge is -2.25. The van der Waals surface area contributed by atoms with E-state index in [1.54, 1.807) is 0 Å². The molecule has 0 radical (unpaired) electrons. The van der Waals surface area contributed by atoms with Crippen LogP contribution < -0.4 is 10.1 Å². The molecule has 3 rings (SSSR count). The van der Waals surface area contributed by atoms with Crippen molar-refractivity contribution >= 4 is 5.91 Å². The molecule has 0 unspecified atom stereocenters. The molecule has 1 fully saturated rings. The van der Waals surface area contributed by atoms with Gasteiger partial charge in [-0.25, -0.2) is 0 Å². The van der Waals surface area contributed by atoms with Crippen molar-refractivity contribution in [3.63, 3.8) is 0 Å². The molecule has 0 atom stereocenters. The third-order valence-electron chi connectivity index (χ3n) is 4.14. The van der Waals surface area contributed by atoms with Crippen LogP contribution in [0.5, 0.6) is 5.75 Å². The van der Waals surface area contributed by atoms with E-state index in [-0.39, 0.29) is 12.5 Å². The zero-order chi connectivity index (χ0) is 15.2. The zero-order valence-electron chi connectivity index (χ0n) is 12.6. The monoisotopic (exact) mass is 295 g/mol. The highest BCUT2D eigenvalue weighted by Crippen LogP contribution is 2.25. The molecule has 3 nitrogen and oxygen atoms in total. The fraction of sp³-hybridized carbons (Fsp3) is 0.316. The molecule has 1 aliphatic rings. The Kier molecular flexibility index (Phi) is 4.74. The van der Waals surface area contributed by atoms with Gasteiger partial charge in [-0.1, -0.05) is 48.9 Å². The first-order chi connectivity index (χ1) is 10.8. The highest BCUT2D eigenvalue weighted by atomic mass is 16.5. The van der Waals surface area contributed by atoms with Crippen molar-refractivity contribution in [1.82, 2.24) is 5.32 Å². The summed E-state index contributed by atoms with van der Waals surface area (Å²) in [5.41, 5.74) is 2.31. The number of hydrogen-bond donors (Lipinski definition) is 1. The van der Waals surface area contributed by atoms with E-state index in [1.807, 2.05) is 42.5 Å². The molecule has 0 bridgehead atoms. The predicted molar refractivity (Wildman–Crippen MR) is 87.7 cm³/mol. The van der Waals surface area contributed by atoms with Crippen LogP contribution in [-0.2, 0) is 4.79 Å². The Hall–Kier alpha value is -2.29. The SMILES string of the molecule is O=C(COc1ccc(-c2ccccc2)cc1)NCC1CCC1. The van der Waals surface area contributed by atoms with E-state index >= 15 is 0 Å². The molecule has 0 heterocycles. The molecule has 2 aromatic rings. The molecule has 0 aliphatic heterocycles. The number of nitrogens with one attached hydrogen (secondary N) is 1. The number of amides is 1. The lowest BCUT2D eigenvalue weighted by Crippen LogP contribution is -2.35. The van der Waals surface area contributed by atoms with Gasteiger partial charge in [-0.3, -0.25) is 4.79 Å². The summed E-state index contributed by atoms with van der Waals surface area (Å²) in [7, 11) is 0. The molecule has 1 saturated carbocycles. The highest BCUT2D eigenvalue weighted by molar-refractivity contribution is 5.77. The Morgan fingerprint density at radius 3 is 2.32 bits per heavy atom. The smallest absolute Gasteiger partial charge is 0.257 e. The fourth-order valence-electron chi connectivity index (χ4n) is 2.53. The van der Waals surface area contributed by atoms with Crippen LogP contribution in [0.2, 0.25) is 0 Å². The average Bonchev–Trinajstić information content (AvgIpc) is 2.53. The van der Waals surface area contributed by atoms with Gasteiger partial charge in [-0.05, 0) is 42.0 Å². The topological polar surface area (TPSA) is 38.3 Å². The number of ether oxygens (including phenoxy) is 1. The van der Waals surface area contributed by atoms with Crippen molar-refractivity contribution in [3.05, 3.63) is 54.6 Å². The average molecular weight is 295 g/mol. The van der Waals surface area contributed by atoms with Gasteiger partial charge in [-0.15, -0.1) is 0 Å². The van der Waals surface area contributed by atoms with Crippen LogP contribution in [0.25, 0.3) is 11.1 Å². The maximum atomic E-state index is 11.7. The van der Waals surface area contributed by atoms with Crippen molar-refractivity contribution in [2.24, 2.45) is 5.92 Å². The van der Waals surface area contributed by atoms with E-state index < -0.39 is 0 Å². The van der Waals surface area contributed by atoms with Gasteiger partial charge in [-0.2, -0.15) is 0 Å². The summed E-state index contributed by atoms with van der Waals surface area (Å²) < 4.78 is 5.53. The highest BCUT2D eigenvalue weighted by Gasteiger charge is 2.17. The number of carbonyl (C=O) groups excluding carboxylic acids is 1. The molecule has 114 valence electrons. The van der Waals surface area contributed by atoms with Crippen molar-refractivity contribution < 1.29 is 9.53 Å². The summed E-state index contributed by atoms with van der Waals surface area (Å²) in [4.78, 5) is 11.7. The van der Waals surface area contributed by atoms with Crippen LogP contribution in [-0.4, -0.2) is 19.1 Å². The Morgan fingerprint density at radius 1 is 1.00 bits per heavy atom. The number of carbonyl (C=O) groups is 1. The normalized spacial score (nSPS) is 14.2. The summed E-state index contributed by atoms with van der Waals surface area (Å²) >= 11 is 0. The van der Waals surface area contributed by atoms with Gasteiger partial charge in [0.1, 0.15) is 5.75 Å². The minimum atomic E-state index is -0.0426. The lowest BCUT2D eigenvalue weighted by atomic mass is 9.85. The summed E-state index contributed by atoms with van der Waals surface area (Å²) in [5.74, 6) is 1.35. The molecule has 0 saturated heterocycles. The molecule has 0 aromatic heterocycles. The standard InChI is InChI=1S/C19H21NO2/c21-19(20-13-15-5-4-6-15)14-22-18-11-9-17(10-12-18)16-7-2-1-3-8-16/h1-3,7-12,15H,4-6,13-14H2,(H,20,21). The third kappa shape index (κ3) is 3.88. The quantitative estimate of drug-likeness (QED) is 0.883. The van der Waals surface area contributed by atoms with E-state index in [0.29, 0.717) is 5.92 Å². The summed E-state index contributed by atoms with van der Waals surface area (Å²) in [6, 6.07) is 18.0. The van der Waals surface area contributed by atoms with Gasteiger partial charge in [0.25, 0.3) is 5.91 Å². The van der Waals surface area contributed by atoms with E-state index in [4.69, 9.17) is 4.74 Å². The Balaban J connectivity index is 1.47. The summed E-state index contributed by atoms with van der Waals surface area (Å²) in [5, 5.41) is 2.93. The van der Waals surface area contributed by atoms with Crippen molar-refractivity contribution in [2.75, 3.05) is 13.2 Å². The van der Waals surface area contributed by atoms with Gasteiger partial charge in [0.2, 0.25) is 0 Å². The first kappa shape index (κ1) is 14.6. The molecule has 0 spiro atoms. The Morgan fingerprint density at radius 2 is 1.68 bits per heavy atom. The molecule has 2 aromatic carbocycles. The van der Waals surface area contributed by atoms with Gasteiger partial charge in [0.05, 0.1) is 0 Å². The number of rotatable bonds is 6. The molecular formula is C19H21NO2. The van der Waals surface area contributed by atoms with E-state index in [1.165, 1.54) is 24.8 Å². The van der Waals surface area contributed by atoms with Crippen LogP contribution in [0.4, 0.5) is 0 Å². The van der Waals surface area contributed by atoms with Gasteiger partial charge in [0, 0.05) is 6.54 Å². The molecular weight excluding hydrogens is 274 g/mol. The van der Waals surface area contributed by atoms with Crippen molar-refractivity contribution in [3.8, 4) is 16.9 Å². The van der Waals surface area contributed by atoms with E-state index in [2.05, 4.69) is 17.4 Å². The second-order valence-electron chi connectivity index (χ2n) is 5.78. The molecule has 22 heavy (non-hydrogen) atoms. The first-order valence-corrected chi connectivity index (χ1v) is 7.86. The minimum absolute atomic E-state index is 0.0426. The predicted octanol–water partition coefficient (Wildman–Crippen LogP) is 3.65. The second kappa shape index (κ2) is 7.12. The van der Waals surface area contributed by atoms with Gasteiger partial charge < -0.3 is 10.1 Å². The van der Waals surface area contributed by atoms with Crippen LogP contribution in [0.3, 0.4) is 0 Å². The maximum absolute atomic E-state index is 11.7. The third-order valence-corrected chi connectivity index (χ3v) is 4.14. The van der Waals surface area contributed by atoms with Gasteiger partial charge >= 0.3 is 0 Å². The van der Waals surface area contributed by atoms with E-state index in [9.17, 15) is 4.79 Å². The number of benzene rings is 2. The lowest BCUT2D eigenvalue weighted by molar-refractivity contribution is -0.123. The fourth-order valence-corrected chi connectivity index (χ4v) is 2.53.